The van der Waals surface area contributed by atoms with E-state index in [4.69, 9.17) is 23.2 Å². The van der Waals surface area contributed by atoms with E-state index in [1.165, 1.54) is 16.8 Å². The Kier molecular flexibility index (Phi) is 4.07. The standard InChI is InChI=1S/C10H7BrCl2N4O2/c1-5(11)8-4-16(15-14-8)10-7(13)2-6(12)3-9(10)17(18)19/h2-5H,1H3. The van der Waals surface area contributed by atoms with Crippen LogP contribution in [0.25, 0.3) is 5.69 Å². The first-order valence-electron chi connectivity index (χ1n) is 5.10. The number of alkyl halides is 1. The van der Waals surface area contributed by atoms with Crippen molar-refractivity contribution in [2.24, 2.45) is 0 Å². The molecule has 0 spiro atoms. The SMILES string of the molecule is CC(Br)c1cn(-c2c(Cl)cc(Cl)cc2[N+](=O)[O-])nn1. The number of hydrogen-bond acceptors (Lipinski definition) is 4. The van der Waals surface area contributed by atoms with Gasteiger partial charge in [0.1, 0.15) is 0 Å². The lowest BCUT2D eigenvalue weighted by atomic mass is 10.2. The molecule has 1 aromatic heterocycles. The minimum absolute atomic E-state index is 0.0219. The second kappa shape index (κ2) is 5.44. The third-order valence-corrected chi connectivity index (χ3v) is 3.33. The topological polar surface area (TPSA) is 73.8 Å². The number of aromatic nitrogens is 3. The van der Waals surface area contributed by atoms with E-state index < -0.39 is 4.92 Å². The maximum absolute atomic E-state index is 11.1. The number of nitrogens with zero attached hydrogens (tertiary/aromatic N) is 4. The zero-order valence-corrected chi connectivity index (χ0v) is 12.6. The average molecular weight is 366 g/mol. The molecule has 0 saturated carbocycles. The Bertz CT molecular complexity index is 644. The van der Waals surface area contributed by atoms with E-state index in [9.17, 15) is 10.1 Å². The summed E-state index contributed by atoms with van der Waals surface area (Å²) in [6.07, 6.45) is 1.57. The highest BCUT2D eigenvalue weighted by Crippen LogP contribution is 2.34. The minimum atomic E-state index is -0.563. The summed E-state index contributed by atoms with van der Waals surface area (Å²) in [7, 11) is 0. The van der Waals surface area contributed by atoms with Crippen molar-refractivity contribution in [2.45, 2.75) is 11.8 Å². The van der Waals surface area contributed by atoms with Gasteiger partial charge in [0.15, 0.2) is 5.69 Å². The molecule has 0 radical (unpaired) electrons. The summed E-state index contributed by atoms with van der Waals surface area (Å²) < 4.78 is 1.27. The normalized spacial score (nSPS) is 12.4. The van der Waals surface area contributed by atoms with Gasteiger partial charge in [-0.15, -0.1) is 5.10 Å². The van der Waals surface area contributed by atoms with Crippen molar-refractivity contribution in [3.63, 3.8) is 0 Å². The Morgan fingerprint density at radius 1 is 1.47 bits per heavy atom. The third kappa shape index (κ3) is 2.88. The van der Waals surface area contributed by atoms with Crippen molar-refractivity contribution in [1.82, 2.24) is 15.0 Å². The Morgan fingerprint density at radius 3 is 2.68 bits per heavy atom. The Balaban J connectivity index is 2.63. The summed E-state index contributed by atoms with van der Waals surface area (Å²) in [6.45, 7) is 1.87. The molecule has 1 unspecified atom stereocenters. The molecule has 0 fully saturated rings. The van der Waals surface area contributed by atoms with Crippen LogP contribution in [0.1, 0.15) is 17.4 Å². The molecule has 2 aromatic rings. The molecular weight excluding hydrogens is 359 g/mol. The van der Waals surface area contributed by atoms with Crippen LogP contribution in [0.3, 0.4) is 0 Å². The Hall–Kier alpha value is -1.18. The first kappa shape index (κ1) is 14.2. The number of nitro groups is 1. The second-order valence-electron chi connectivity index (χ2n) is 3.72. The zero-order valence-electron chi connectivity index (χ0n) is 9.55. The van der Waals surface area contributed by atoms with Crippen molar-refractivity contribution >= 4 is 44.8 Å². The summed E-state index contributed by atoms with van der Waals surface area (Å²) in [6, 6.07) is 2.64. The first-order chi connectivity index (χ1) is 8.90. The fourth-order valence-electron chi connectivity index (χ4n) is 1.49. The predicted octanol–water partition coefficient (Wildman–Crippen LogP) is 3.94. The van der Waals surface area contributed by atoms with E-state index in [0.717, 1.165) is 0 Å². The maximum Gasteiger partial charge on any atom is 0.297 e. The van der Waals surface area contributed by atoms with Gasteiger partial charge in [0.2, 0.25) is 0 Å². The summed E-state index contributed by atoms with van der Waals surface area (Å²) in [5.41, 5.74) is 0.555. The molecule has 0 amide bonds. The Labute approximate surface area is 126 Å². The summed E-state index contributed by atoms with van der Waals surface area (Å²) in [5.74, 6) is 0. The number of rotatable bonds is 3. The molecule has 1 heterocycles. The molecule has 0 bridgehead atoms. The van der Waals surface area contributed by atoms with Gasteiger partial charge in [-0.1, -0.05) is 44.3 Å². The molecule has 1 aromatic carbocycles. The zero-order chi connectivity index (χ0) is 14.2. The summed E-state index contributed by atoms with van der Waals surface area (Å²) in [4.78, 5) is 10.5. The fourth-order valence-corrected chi connectivity index (χ4v) is 2.27. The highest BCUT2D eigenvalue weighted by molar-refractivity contribution is 9.09. The molecule has 0 saturated heterocycles. The molecule has 0 aliphatic carbocycles. The van der Waals surface area contributed by atoms with Gasteiger partial charge in [-0.3, -0.25) is 10.1 Å². The van der Waals surface area contributed by atoms with Crippen LogP contribution in [-0.4, -0.2) is 19.9 Å². The van der Waals surface area contributed by atoms with Crippen molar-refractivity contribution < 1.29 is 4.92 Å². The van der Waals surface area contributed by atoms with E-state index >= 15 is 0 Å². The van der Waals surface area contributed by atoms with E-state index in [1.54, 1.807) is 6.20 Å². The van der Waals surface area contributed by atoms with Crippen molar-refractivity contribution in [3.8, 4) is 5.69 Å². The molecule has 0 aliphatic rings. The van der Waals surface area contributed by atoms with Gasteiger partial charge in [-0.05, 0) is 13.0 Å². The monoisotopic (exact) mass is 364 g/mol. The van der Waals surface area contributed by atoms with Crippen molar-refractivity contribution in [3.05, 3.63) is 44.2 Å². The van der Waals surface area contributed by atoms with Gasteiger partial charge in [-0.2, -0.15) is 0 Å². The van der Waals surface area contributed by atoms with Crippen LogP contribution in [-0.2, 0) is 0 Å². The van der Waals surface area contributed by atoms with Crippen LogP contribution >= 0.6 is 39.1 Å². The molecule has 6 nitrogen and oxygen atoms in total. The highest BCUT2D eigenvalue weighted by atomic mass is 79.9. The van der Waals surface area contributed by atoms with Crippen LogP contribution in [0.15, 0.2) is 18.3 Å². The number of halogens is 3. The van der Waals surface area contributed by atoms with Crippen molar-refractivity contribution in [2.75, 3.05) is 0 Å². The maximum atomic E-state index is 11.1. The second-order valence-corrected chi connectivity index (χ2v) is 5.93. The molecule has 1 atom stereocenters. The van der Waals surface area contributed by atoms with Gasteiger partial charge in [0, 0.05) is 11.1 Å². The lowest BCUT2D eigenvalue weighted by molar-refractivity contribution is -0.384. The lowest BCUT2D eigenvalue weighted by Crippen LogP contribution is -2.02. The molecule has 0 aliphatic heterocycles. The molecule has 9 heteroatoms. The van der Waals surface area contributed by atoms with E-state index in [2.05, 4.69) is 26.2 Å². The number of hydrogen-bond donors (Lipinski definition) is 0. The van der Waals surface area contributed by atoms with Crippen LogP contribution in [0.5, 0.6) is 0 Å². The molecule has 0 N–H and O–H groups in total. The van der Waals surface area contributed by atoms with E-state index in [0.29, 0.717) is 5.69 Å². The van der Waals surface area contributed by atoms with Crippen LogP contribution in [0, 0.1) is 10.1 Å². The molecule has 19 heavy (non-hydrogen) atoms. The predicted molar refractivity (Wildman–Crippen MR) is 75.4 cm³/mol. The summed E-state index contributed by atoms with van der Waals surface area (Å²) in [5, 5.41) is 19.1. The lowest BCUT2D eigenvalue weighted by Gasteiger charge is -2.05. The number of benzene rings is 1. The summed E-state index contributed by atoms with van der Waals surface area (Å²) >= 11 is 15.1. The first-order valence-corrected chi connectivity index (χ1v) is 6.77. The average Bonchev–Trinajstić information content (AvgIpc) is 2.76. The van der Waals surface area contributed by atoms with Crippen LogP contribution in [0.2, 0.25) is 10.0 Å². The van der Waals surface area contributed by atoms with E-state index in [-0.39, 0.29) is 26.2 Å². The van der Waals surface area contributed by atoms with Gasteiger partial charge < -0.3 is 0 Å². The van der Waals surface area contributed by atoms with Crippen molar-refractivity contribution in [1.29, 1.82) is 0 Å². The minimum Gasteiger partial charge on any atom is -0.258 e. The van der Waals surface area contributed by atoms with E-state index in [1.807, 2.05) is 6.92 Å². The largest absolute Gasteiger partial charge is 0.297 e. The third-order valence-electron chi connectivity index (χ3n) is 2.35. The van der Waals surface area contributed by atoms with Gasteiger partial charge in [0.05, 0.1) is 26.7 Å². The van der Waals surface area contributed by atoms with Crippen LogP contribution < -0.4 is 0 Å². The fraction of sp³-hybridized carbons (Fsp3) is 0.200. The van der Waals surface area contributed by atoms with Gasteiger partial charge >= 0.3 is 0 Å². The molecular formula is C10H7BrCl2N4O2. The molecule has 100 valence electrons. The molecule has 2 rings (SSSR count). The smallest absolute Gasteiger partial charge is 0.258 e. The van der Waals surface area contributed by atoms with Crippen LogP contribution in [0.4, 0.5) is 5.69 Å². The number of nitro benzene ring substituents is 1. The highest BCUT2D eigenvalue weighted by Gasteiger charge is 2.22. The quantitative estimate of drug-likeness (QED) is 0.469. The Morgan fingerprint density at radius 2 is 2.16 bits per heavy atom. The van der Waals surface area contributed by atoms with Gasteiger partial charge in [0.25, 0.3) is 5.69 Å². The van der Waals surface area contributed by atoms with Gasteiger partial charge in [-0.25, -0.2) is 4.68 Å².